The average molecular weight is 248 g/mol. The Morgan fingerprint density at radius 1 is 1.35 bits per heavy atom. The lowest BCUT2D eigenvalue weighted by atomic mass is 10.2. The summed E-state index contributed by atoms with van der Waals surface area (Å²) in [5.41, 5.74) is 0.980. The first-order valence-corrected chi connectivity index (χ1v) is 6.08. The van der Waals surface area contributed by atoms with E-state index >= 15 is 0 Å². The molecule has 0 aliphatic heterocycles. The number of hydrogen-bond donors (Lipinski definition) is 1. The number of benzene rings is 1. The van der Waals surface area contributed by atoms with E-state index in [0.717, 1.165) is 16.2 Å². The summed E-state index contributed by atoms with van der Waals surface area (Å²) < 4.78 is 5.41. The van der Waals surface area contributed by atoms with Gasteiger partial charge in [0.2, 0.25) is 0 Å². The molecular weight excluding hydrogens is 236 g/mol. The molecule has 0 unspecified atom stereocenters. The molecule has 0 amide bonds. The first-order valence-electron chi connectivity index (χ1n) is 5.27. The lowest BCUT2D eigenvalue weighted by molar-refractivity contribution is 0.0702. The molecule has 1 heterocycles. The van der Waals surface area contributed by atoms with Crippen molar-refractivity contribution in [1.29, 1.82) is 0 Å². The Morgan fingerprint density at radius 2 is 2.18 bits per heavy atom. The third-order valence-electron chi connectivity index (χ3n) is 2.25. The molecule has 2 rings (SSSR count). The molecule has 0 saturated carbocycles. The number of thiophene rings is 1. The molecule has 0 aliphatic carbocycles. The van der Waals surface area contributed by atoms with Gasteiger partial charge in [-0.15, -0.1) is 11.3 Å². The Labute approximate surface area is 103 Å². The molecule has 1 aromatic heterocycles. The molecular formula is C13H12O3S. The van der Waals surface area contributed by atoms with Gasteiger partial charge in [0.05, 0.1) is 6.61 Å². The van der Waals surface area contributed by atoms with Crippen LogP contribution in [-0.2, 0) is 0 Å². The second-order valence-electron chi connectivity index (χ2n) is 3.43. The molecule has 3 nitrogen and oxygen atoms in total. The third-order valence-corrected chi connectivity index (χ3v) is 3.37. The lowest BCUT2D eigenvalue weighted by Gasteiger charge is -2.04. The van der Waals surface area contributed by atoms with Crippen molar-refractivity contribution in [2.45, 2.75) is 6.92 Å². The number of aromatic carboxylic acids is 1. The van der Waals surface area contributed by atoms with Gasteiger partial charge in [0.1, 0.15) is 10.6 Å². The van der Waals surface area contributed by atoms with Crippen molar-refractivity contribution in [3.05, 3.63) is 41.3 Å². The van der Waals surface area contributed by atoms with Crippen molar-refractivity contribution in [2.24, 2.45) is 0 Å². The summed E-state index contributed by atoms with van der Waals surface area (Å²) in [6.07, 6.45) is 0. The van der Waals surface area contributed by atoms with Crippen LogP contribution in [-0.4, -0.2) is 17.7 Å². The summed E-state index contributed by atoms with van der Waals surface area (Å²) in [5, 5.41) is 8.87. The molecule has 4 heteroatoms. The molecule has 0 spiro atoms. The second kappa shape index (κ2) is 5.01. The van der Waals surface area contributed by atoms with E-state index in [-0.39, 0.29) is 0 Å². The number of rotatable bonds is 4. The lowest BCUT2D eigenvalue weighted by Crippen LogP contribution is -1.90. The van der Waals surface area contributed by atoms with E-state index in [2.05, 4.69) is 0 Å². The highest BCUT2D eigenvalue weighted by atomic mass is 32.1. The average Bonchev–Trinajstić information content (AvgIpc) is 2.79. The molecule has 0 saturated heterocycles. The van der Waals surface area contributed by atoms with Crippen molar-refractivity contribution < 1.29 is 14.6 Å². The molecule has 0 aliphatic rings. The van der Waals surface area contributed by atoms with Crippen LogP contribution in [0.2, 0.25) is 0 Å². The zero-order chi connectivity index (χ0) is 12.3. The highest BCUT2D eigenvalue weighted by molar-refractivity contribution is 7.17. The monoisotopic (exact) mass is 248 g/mol. The SMILES string of the molecule is CCOc1cccc(-c2ccc(C(=O)O)s2)c1. The second-order valence-corrected chi connectivity index (χ2v) is 4.51. The van der Waals surface area contributed by atoms with E-state index in [1.54, 1.807) is 6.07 Å². The number of carboxylic acids is 1. The summed E-state index contributed by atoms with van der Waals surface area (Å²) in [5.74, 6) is -0.0857. The van der Waals surface area contributed by atoms with Gasteiger partial charge in [0.25, 0.3) is 0 Å². The van der Waals surface area contributed by atoms with Crippen LogP contribution < -0.4 is 4.74 Å². The van der Waals surface area contributed by atoms with E-state index < -0.39 is 5.97 Å². The quantitative estimate of drug-likeness (QED) is 0.900. The van der Waals surface area contributed by atoms with Crippen LogP contribution in [0.3, 0.4) is 0 Å². The van der Waals surface area contributed by atoms with Crippen LogP contribution in [0, 0.1) is 0 Å². The van der Waals surface area contributed by atoms with Gasteiger partial charge in [-0.05, 0) is 36.8 Å². The van der Waals surface area contributed by atoms with Crippen LogP contribution in [0.1, 0.15) is 16.6 Å². The standard InChI is InChI=1S/C13H12O3S/c1-2-16-10-5-3-4-9(8-10)11-6-7-12(17-11)13(14)15/h3-8H,2H2,1H3,(H,14,15). The molecule has 0 bridgehead atoms. The van der Waals surface area contributed by atoms with Crippen molar-refractivity contribution in [1.82, 2.24) is 0 Å². The van der Waals surface area contributed by atoms with E-state index in [4.69, 9.17) is 9.84 Å². The zero-order valence-corrected chi connectivity index (χ0v) is 10.2. The molecule has 2 aromatic rings. The van der Waals surface area contributed by atoms with E-state index in [0.29, 0.717) is 11.5 Å². The van der Waals surface area contributed by atoms with Gasteiger partial charge in [-0.25, -0.2) is 4.79 Å². The van der Waals surface area contributed by atoms with Crippen LogP contribution in [0.25, 0.3) is 10.4 Å². The maximum absolute atomic E-state index is 10.8. The predicted octanol–water partition coefficient (Wildman–Crippen LogP) is 3.51. The van der Waals surface area contributed by atoms with Crippen molar-refractivity contribution in [3.63, 3.8) is 0 Å². The smallest absolute Gasteiger partial charge is 0.345 e. The van der Waals surface area contributed by atoms with Crippen molar-refractivity contribution >= 4 is 17.3 Å². The van der Waals surface area contributed by atoms with E-state index in [9.17, 15) is 4.79 Å². The first-order chi connectivity index (χ1) is 8.20. The number of ether oxygens (including phenoxy) is 1. The molecule has 1 aromatic carbocycles. The predicted molar refractivity (Wildman–Crippen MR) is 67.9 cm³/mol. The molecule has 0 radical (unpaired) electrons. The number of carbonyl (C=O) groups is 1. The maximum Gasteiger partial charge on any atom is 0.345 e. The van der Waals surface area contributed by atoms with Gasteiger partial charge in [0.15, 0.2) is 0 Å². The highest BCUT2D eigenvalue weighted by Gasteiger charge is 2.08. The van der Waals surface area contributed by atoms with Gasteiger partial charge >= 0.3 is 5.97 Å². The first kappa shape index (κ1) is 11.7. The van der Waals surface area contributed by atoms with Crippen LogP contribution in [0.4, 0.5) is 0 Å². The Kier molecular flexibility index (Phi) is 3.44. The van der Waals surface area contributed by atoms with Gasteiger partial charge in [0, 0.05) is 4.88 Å². The van der Waals surface area contributed by atoms with Gasteiger partial charge < -0.3 is 9.84 Å². The minimum atomic E-state index is -0.887. The Balaban J connectivity index is 2.31. The Bertz CT molecular complexity index is 531. The molecule has 88 valence electrons. The van der Waals surface area contributed by atoms with Crippen LogP contribution in [0.15, 0.2) is 36.4 Å². The van der Waals surface area contributed by atoms with Gasteiger partial charge in [-0.2, -0.15) is 0 Å². The van der Waals surface area contributed by atoms with Crippen LogP contribution in [0.5, 0.6) is 5.75 Å². The minimum Gasteiger partial charge on any atom is -0.494 e. The number of hydrogen-bond acceptors (Lipinski definition) is 3. The van der Waals surface area contributed by atoms with Crippen molar-refractivity contribution in [2.75, 3.05) is 6.61 Å². The summed E-state index contributed by atoms with van der Waals surface area (Å²) >= 11 is 1.27. The zero-order valence-electron chi connectivity index (χ0n) is 9.34. The summed E-state index contributed by atoms with van der Waals surface area (Å²) in [6, 6.07) is 11.1. The normalized spacial score (nSPS) is 10.2. The summed E-state index contributed by atoms with van der Waals surface area (Å²) in [7, 11) is 0. The fraction of sp³-hybridized carbons (Fsp3) is 0.154. The number of carboxylic acid groups (broad SMARTS) is 1. The van der Waals surface area contributed by atoms with E-state index in [1.165, 1.54) is 11.3 Å². The summed E-state index contributed by atoms with van der Waals surface area (Å²) in [6.45, 7) is 2.55. The third kappa shape index (κ3) is 2.65. The van der Waals surface area contributed by atoms with Gasteiger partial charge in [-0.1, -0.05) is 12.1 Å². The van der Waals surface area contributed by atoms with Crippen molar-refractivity contribution in [3.8, 4) is 16.2 Å². The Morgan fingerprint density at radius 3 is 2.82 bits per heavy atom. The van der Waals surface area contributed by atoms with Gasteiger partial charge in [-0.3, -0.25) is 0 Å². The van der Waals surface area contributed by atoms with E-state index in [1.807, 2.05) is 37.3 Å². The molecule has 17 heavy (non-hydrogen) atoms. The molecule has 0 fully saturated rings. The summed E-state index contributed by atoms with van der Waals surface area (Å²) in [4.78, 5) is 12.1. The minimum absolute atomic E-state index is 0.349. The molecule has 0 atom stereocenters. The maximum atomic E-state index is 10.8. The molecule has 1 N–H and O–H groups in total. The van der Waals surface area contributed by atoms with Crippen LogP contribution >= 0.6 is 11.3 Å². The highest BCUT2D eigenvalue weighted by Crippen LogP contribution is 2.30. The fourth-order valence-corrected chi connectivity index (χ4v) is 2.36. The largest absolute Gasteiger partial charge is 0.494 e. The Hall–Kier alpha value is -1.81. The fourth-order valence-electron chi connectivity index (χ4n) is 1.51. The topological polar surface area (TPSA) is 46.5 Å².